The third-order valence-corrected chi connectivity index (χ3v) is 3.13. The van der Waals surface area contributed by atoms with E-state index in [1.165, 1.54) is 29.0 Å². The highest BCUT2D eigenvalue weighted by molar-refractivity contribution is 5.40. The largest absolute Gasteiger partial charge is 0.400 e. The first-order valence-corrected chi connectivity index (χ1v) is 7.21. The van der Waals surface area contributed by atoms with Gasteiger partial charge in [-0.25, -0.2) is 9.37 Å². The highest BCUT2D eigenvalue weighted by Crippen LogP contribution is 2.15. The Balaban J connectivity index is 2.54. The van der Waals surface area contributed by atoms with Crippen molar-refractivity contribution in [2.45, 2.75) is 20.4 Å². The van der Waals surface area contributed by atoms with Crippen molar-refractivity contribution in [1.82, 2.24) is 9.55 Å². The topological polar surface area (TPSA) is 79.9 Å². The smallest absolute Gasteiger partial charge is 0.299 e. The van der Waals surface area contributed by atoms with Crippen LogP contribution in [-0.4, -0.2) is 16.1 Å². The number of nitrogens with one attached hydrogen (secondary N) is 1. The van der Waals surface area contributed by atoms with Crippen molar-refractivity contribution in [3.63, 3.8) is 0 Å². The molecule has 0 aliphatic rings. The summed E-state index contributed by atoms with van der Waals surface area (Å²) < 4.78 is 19.8. The Kier molecular flexibility index (Phi) is 5.54. The molecule has 2 aromatic rings. The minimum atomic E-state index is -0.487. The Morgan fingerprint density at radius 1 is 1.46 bits per heavy atom. The summed E-state index contributed by atoms with van der Waals surface area (Å²) >= 11 is 0. The number of benzene rings is 1. The standard InChI is InChI=1S/C17H15FN4O2/c1-3-7-24-15-10-21-17(20-4-2)22(16(15)23)11-13-8-14(18)6-5-12(13)9-19/h5-6,8,10H,4,11H2,1-2H3,(H,20,21). The Morgan fingerprint density at radius 3 is 2.92 bits per heavy atom. The Bertz CT molecular complexity index is 904. The zero-order valence-electron chi connectivity index (χ0n) is 13.3. The number of anilines is 1. The second-order valence-corrected chi connectivity index (χ2v) is 4.74. The average molecular weight is 326 g/mol. The van der Waals surface area contributed by atoms with E-state index in [0.717, 1.165) is 0 Å². The van der Waals surface area contributed by atoms with Crippen LogP contribution in [-0.2, 0) is 6.54 Å². The van der Waals surface area contributed by atoms with Crippen molar-refractivity contribution in [2.75, 3.05) is 11.9 Å². The molecule has 1 aromatic heterocycles. The first kappa shape index (κ1) is 17.0. The highest BCUT2D eigenvalue weighted by atomic mass is 19.1. The molecule has 2 rings (SSSR count). The molecule has 1 heterocycles. The molecule has 1 aromatic carbocycles. The summed E-state index contributed by atoms with van der Waals surface area (Å²) in [6.07, 6.45) is 3.62. The number of nitriles is 1. The molecule has 0 radical (unpaired) electrons. The van der Waals surface area contributed by atoms with Crippen molar-refractivity contribution in [1.29, 1.82) is 5.26 Å². The van der Waals surface area contributed by atoms with E-state index in [9.17, 15) is 9.18 Å². The van der Waals surface area contributed by atoms with Crippen LogP contribution < -0.4 is 15.6 Å². The molecule has 6 nitrogen and oxygen atoms in total. The summed E-state index contributed by atoms with van der Waals surface area (Å²) in [6.45, 7) is 3.94. The van der Waals surface area contributed by atoms with Gasteiger partial charge < -0.3 is 10.1 Å². The zero-order chi connectivity index (χ0) is 17.5. The number of halogens is 1. The van der Waals surface area contributed by atoms with Crippen LogP contribution in [0.25, 0.3) is 0 Å². The fourth-order valence-corrected chi connectivity index (χ4v) is 2.07. The minimum absolute atomic E-state index is 0.0222. The van der Waals surface area contributed by atoms with Gasteiger partial charge in [0.25, 0.3) is 5.56 Å². The summed E-state index contributed by atoms with van der Waals surface area (Å²) in [5.41, 5.74) is 0.182. The van der Waals surface area contributed by atoms with Gasteiger partial charge in [0.2, 0.25) is 11.7 Å². The SMILES string of the molecule is CC#COc1cnc(NCC)n(Cc2cc(F)ccc2C#N)c1=O. The zero-order valence-corrected chi connectivity index (χ0v) is 13.3. The second kappa shape index (κ2) is 7.80. The van der Waals surface area contributed by atoms with E-state index in [4.69, 9.17) is 10.00 Å². The number of ether oxygens (including phenoxy) is 1. The fourth-order valence-electron chi connectivity index (χ4n) is 2.07. The highest BCUT2D eigenvalue weighted by Gasteiger charge is 2.14. The molecule has 0 atom stereocenters. The van der Waals surface area contributed by atoms with E-state index in [2.05, 4.69) is 22.3 Å². The lowest BCUT2D eigenvalue weighted by atomic mass is 10.1. The first-order valence-electron chi connectivity index (χ1n) is 7.21. The molecule has 0 unspecified atom stereocenters. The molecular formula is C17H15FN4O2. The van der Waals surface area contributed by atoms with Gasteiger partial charge in [0.1, 0.15) is 11.9 Å². The number of aromatic nitrogens is 2. The minimum Gasteiger partial charge on any atom is -0.400 e. The molecule has 122 valence electrons. The molecule has 0 aliphatic carbocycles. The van der Waals surface area contributed by atoms with E-state index < -0.39 is 11.4 Å². The van der Waals surface area contributed by atoms with Crippen LogP contribution in [0.15, 0.2) is 29.2 Å². The fraction of sp³-hybridized carbons (Fsp3) is 0.235. The van der Waals surface area contributed by atoms with Crippen molar-refractivity contribution < 1.29 is 9.13 Å². The lowest BCUT2D eigenvalue weighted by molar-refractivity contribution is 0.497. The third kappa shape index (κ3) is 3.71. The lowest BCUT2D eigenvalue weighted by Crippen LogP contribution is -2.26. The van der Waals surface area contributed by atoms with Gasteiger partial charge in [-0.05, 0) is 30.7 Å². The van der Waals surface area contributed by atoms with E-state index in [-0.39, 0.29) is 17.9 Å². The monoisotopic (exact) mass is 326 g/mol. The van der Waals surface area contributed by atoms with Crippen LogP contribution in [0.4, 0.5) is 10.3 Å². The summed E-state index contributed by atoms with van der Waals surface area (Å²) in [4.78, 5) is 16.7. The Morgan fingerprint density at radius 2 is 2.25 bits per heavy atom. The normalized spacial score (nSPS) is 9.58. The Labute approximate surface area is 138 Å². The van der Waals surface area contributed by atoms with Gasteiger partial charge in [0, 0.05) is 13.5 Å². The lowest BCUT2D eigenvalue weighted by Gasteiger charge is -2.14. The number of rotatable bonds is 5. The van der Waals surface area contributed by atoms with Gasteiger partial charge in [-0.15, -0.1) is 0 Å². The van der Waals surface area contributed by atoms with Gasteiger partial charge >= 0.3 is 0 Å². The summed E-state index contributed by atoms with van der Waals surface area (Å²) in [7, 11) is 0. The van der Waals surface area contributed by atoms with Crippen LogP contribution >= 0.6 is 0 Å². The molecule has 0 amide bonds. The van der Waals surface area contributed by atoms with Crippen molar-refractivity contribution in [3.8, 4) is 23.8 Å². The van der Waals surface area contributed by atoms with Crippen LogP contribution in [0.2, 0.25) is 0 Å². The van der Waals surface area contributed by atoms with Crippen molar-refractivity contribution >= 4 is 5.95 Å². The number of hydrogen-bond donors (Lipinski definition) is 1. The summed E-state index contributed by atoms with van der Waals surface area (Å²) in [5.74, 6) is 2.29. The van der Waals surface area contributed by atoms with Gasteiger partial charge in [-0.1, -0.05) is 5.92 Å². The first-order chi connectivity index (χ1) is 11.6. The third-order valence-electron chi connectivity index (χ3n) is 3.13. The van der Waals surface area contributed by atoms with Gasteiger partial charge in [0.05, 0.1) is 24.4 Å². The van der Waals surface area contributed by atoms with Gasteiger partial charge in [-0.3, -0.25) is 9.36 Å². The summed E-state index contributed by atoms with van der Waals surface area (Å²) in [6, 6.07) is 5.78. The van der Waals surface area contributed by atoms with Crippen LogP contribution in [0.5, 0.6) is 5.75 Å². The molecule has 7 heteroatoms. The molecule has 0 fully saturated rings. The molecule has 24 heavy (non-hydrogen) atoms. The van der Waals surface area contributed by atoms with Crippen LogP contribution in [0, 0.1) is 29.2 Å². The van der Waals surface area contributed by atoms with Crippen molar-refractivity contribution in [3.05, 3.63) is 51.7 Å². The maximum atomic E-state index is 13.5. The quantitative estimate of drug-likeness (QED) is 0.851. The molecule has 1 N–H and O–H groups in total. The average Bonchev–Trinajstić information content (AvgIpc) is 2.58. The van der Waals surface area contributed by atoms with E-state index in [0.29, 0.717) is 18.1 Å². The molecule has 0 spiro atoms. The molecule has 0 aliphatic heterocycles. The molecule has 0 saturated carbocycles. The predicted molar refractivity (Wildman–Crippen MR) is 87.0 cm³/mol. The maximum absolute atomic E-state index is 13.5. The second-order valence-electron chi connectivity index (χ2n) is 4.74. The molecular weight excluding hydrogens is 311 g/mol. The molecule has 0 saturated heterocycles. The van der Waals surface area contributed by atoms with Crippen LogP contribution in [0.1, 0.15) is 25.0 Å². The molecule has 0 bridgehead atoms. The Hall–Kier alpha value is -3.32. The van der Waals surface area contributed by atoms with Gasteiger partial charge in [-0.2, -0.15) is 5.26 Å². The summed E-state index contributed by atoms with van der Waals surface area (Å²) in [5, 5.41) is 12.1. The van der Waals surface area contributed by atoms with Crippen molar-refractivity contribution in [2.24, 2.45) is 0 Å². The number of nitrogens with zero attached hydrogens (tertiary/aromatic N) is 3. The van der Waals surface area contributed by atoms with E-state index >= 15 is 0 Å². The van der Waals surface area contributed by atoms with E-state index in [1.807, 2.05) is 13.0 Å². The van der Waals surface area contributed by atoms with Crippen LogP contribution in [0.3, 0.4) is 0 Å². The maximum Gasteiger partial charge on any atom is 0.299 e. The van der Waals surface area contributed by atoms with Gasteiger partial charge in [0.15, 0.2) is 0 Å². The van der Waals surface area contributed by atoms with E-state index in [1.54, 1.807) is 6.92 Å². The predicted octanol–water partition coefficient (Wildman–Crippen LogP) is 2.09. The number of hydrogen-bond acceptors (Lipinski definition) is 5.